The van der Waals surface area contributed by atoms with Gasteiger partial charge in [0.05, 0.1) is 28.6 Å². The average molecular weight is 451 g/mol. The molecule has 0 radical (unpaired) electrons. The lowest BCUT2D eigenvalue weighted by atomic mass is 9.77. The highest BCUT2D eigenvalue weighted by Crippen LogP contribution is 2.46. The van der Waals surface area contributed by atoms with Crippen LogP contribution in [0.4, 0.5) is 11.4 Å². The molecule has 2 saturated heterocycles. The van der Waals surface area contributed by atoms with E-state index in [1.54, 1.807) is 12.2 Å². The van der Waals surface area contributed by atoms with E-state index < -0.39 is 52.2 Å². The third kappa shape index (κ3) is 3.49. The molecule has 0 saturated carbocycles. The molecular formula is C23H21N3O7. The standard InChI is InChI=1S/C23H21N3O7/c1-13(27)23(22(30)31)19-18(17(24-23)11-10-14-6-3-2-4-7-14)20(28)25(21(19)29)15-8-5-9-16(12-15)26(32)33/h2-13,17-19,24,27H,1H3,(H,30,31). The van der Waals surface area contributed by atoms with Gasteiger partial charge in [-0.3, -0.25) is 29.8 Å². The summed E-state index contributed by atoms with van der Waals surface area (Å²) in [6, 6.07) is 13.2. The average Bonchev–Trinajstić information content (AvgIpc) is 3.27. The van der Waals surface area contributed by atoms with Crippen LogP contribution in [0.1, 0.15) is 12.5 Å². The molecule has 4 rings (SSSR count). The highest BCUT2D eigenvalue weighted by molar-refractivity contribution is 6.24. The molecule has 2 aliphatic rings. The summed E-state index contributed by atoms with van der Waals surface area (Å²) in [5.74, 6) is -5.53. The van der Waals surface area contributed by atoms with Crippen molar-refractivity contribution < 1.29 is 29.5 Å². The van der Waals surface area contributed by atoms with Gasteiger partial charge in [0.2, 0.25) is 11.8 Å². The first-order chi connectivity index (χ1) is 15.7. The first kappa shape index (κ1) is 22.3. The van der Waals surface area contributed by atoms with Crippen molar-refractivity contribution >= 4 is 35.2 Å². The van der Waals surface area contributed by atoms with E-state index in [1.807, 2.05) is 30.3 Å². The fourth-order valence-electron chi connectivity index (χ4n) is 4.69. The molecule has 0 aliphatic carbocycles. The number of nitrogens with zero attached hydrogens (tertiary/aromatic N) is 2. The molecule has 0 bridgehead atoms. The Hall–Kier alpha value is -3.89. The molecule has 10 nitrogen and oxygen atoms in total. The number of hydrogen-bond donors (Lipinski definition) is 3. The van der Waals surface area contributed by atoms with Gasteiger partial charge >= 0.3 is 5.97 Å². The molecule has 170 valence electrons. The van der Waals surface area contributed by atoms with Crippen molar-refractivity contribution in [2.75, 3.05) is 4.90 Å². The molecule has 2 aromatic rings. The molecule has 0 spiro atoms. The second kappa shape index (κ2) is 8.23. The molecule has 5 atom stereocenters. The van der Waals surface area contributed by atoms with Crippen LogP contribution in [0.5, 0.6) is 0 Å². The van der Waals surface area contributed by atoms with E-state index in [2.05, 4.69) is 5.32 Å². The first-order valence-corrected chi connectivity index (χ1v) is 10.2. The number of carbonyl (C=O) groups is 3. The highest BCUT2D eigenvalue weighted by Gasteiger charge is 2.69. The van der Waals surface area contributed by atoms with Crippen LogP contribution in [0.3, 0.4) is 0 Å². The number of fused-ring (bicyclic) bond motifs is 1. The maximum atomic E-state index is 13.4. The topological polar surface area (TPSA) is 150 Å². The van der Waals surface area contributed by atoms with Crippen LogP contribution >= 0.6 is 0 Å². The Bertz CT molecular complexity index is 1160. The Kier molecular flexibility index (Phi) is 5.56. The van der Waals surface area contributed by atoms with Gasteiger partial charge in [-0.05, 0) is 18.6 Å². The SMILES string of the molecule is CC(O)C1(C(=O)O)NC(C=Cc2ccccc2)C2C(=O)N(c3cccc([N+](=O)[O-])c3)C(=O)C21. The number of carbonyl (C=O) groups excluding carboxylic acids is 2. The van der Waals surface area contributed by atoms with Crippen molar-refractivity contribution in [3.63, 3.8) is 0 Å². The largest absolute Gasteiger partial charge is 0.480 e. The Balaban J connectivity index is 1.80. The molecule has 3 N–H and O–H groups in total. The van der Waals surface area contributed by atoms with Crippen molar-refractivity contribution in [1.82, 2.24) is 5.32 Å². The lowest BCUT2D eigenvalue weighted by molar-refractivity contribution is -0.384. The Morgan fingerprint density at radius 3 is 2.48 bits per heavy atom. The zero-order valence-electron chi connectivity index (χ0n) is 17.5. The number of imide groups is 1. The molecule has 2 aromatic carbocycles. The number of aliphatic hydroxyl groups excluding tert-OH is 1. The Morgan fingerprint density at radius 2 is 1.88 bits per heavy atom. The van der Waals surface area contributed by atoms with Crippen LogP contribution in [0.15, 0.2) is 60.7 Å². The highest BCUT2D eigenvalue weighted by atomic mass is 16.6. The molecule has 5 unspecified atom stereocenters. The number of nitro benzene ring substituents is 1. The van der Waals surface area contributed by atoms with E-state index >= 15 is 0 Å². The summed E-state index contributed by atoms with van der Waals surface area (Å²) in [6.45, 7) is 1.25. The fourth-order valence-corrected chi connectivity index (χ4v) is 4.69. The molecule has 2 aliphatic heterocycles. The zero-order chi connectivity index (χ0) is 23.9. The maximum absolute atomic E-state index is 13.4. The van der Waals surface area contributed by atoms with E-state index in [0.29, 0.717) is 0 Å². The van der Waals surface area contributed by atoms with E-state index in [1.165, 1.54) is 25.1 Å². The van der Waals surface area contributed by atoms with Crippen LogP contribution in [-0.2, 0) is 14.4 Å². The van der Waals surface area contributed by atoms with Crippen LogP contribution in [0, 0.1) is 22.0 Å². The molecule has 33 heavy (non-hydrogen) atoms. The van der Waals surface area contributed by atoms with Crippen molar-refractivity contribution in [1.29, 1.82) is 0 Å². The summed E-state index contributed by atoms with van der Waals surface area (Å²) in [6.07, 6.45) is 1.78. The zero-order valence-corrected chi connectivity index (χ0v) is 17.5. The third-order valence-corrected chi connectivity index (χ3v) is 6.24. The predicted octanol–water partition coefficient (Wildman–Crippen LogP) is 1.59. The lowest BCUT2D eigenvalue weighted by Gasteiger charge is -2.33. The summed E-state index contributed by atoms with van der Waals surface area (Å²) in [4.78, 5) is 50.5. The number of non-ortho nitro benzene ring substituents is 1. The number of anilines is 1. The number of hydrogen-bond acceptors (Lipinski definition) is 7. The molecule has 2 fully saturated rings. The van der Waals surface area contributed by atoms with Gasteiger partial charge in [0.15, 0.2) is 5.54 Å². The molecule has 10 heteroatoms. The number of rotatable bonds is 6. The van der Waals surface area contributed by atoms with E-state index in [4.69, 9.17) is 0 Å². The smallest absolute Gasteiger partial charge is 0.327 e. The van der Waals surface area contributed by atoms with Gasteiger partial charge < -0.3 is 10.2 Å². The Morgan fingerprint density at radius 1 is 1.18 bits per heavy atom. The summed E-state index contributed by atoms with van der Waals surface area (Å²) in [5.41, 5.74) is -1.65. The van der Waals surface area contributed by atoms with Gasteiger partial charge in [-0.2, -0.15) is 0 Å². The van der Waals surface area contributed by atoms with Gasteiger partial charge in [0, 0.05) is 18.2 Å². The molecule has 0 aromatic heterocycles. The molecule has 2 amide bonds. The minimum absolute atomic E-state index is 0.0238. The third-order valence-electron chi connectivity index (χ3n) is 6.24. The van der Waals surface area contributed by atoms with Crippen LogP contribution in [0.2, 0.25) is 0 Å². The summed E-state index contributed by atoms with van der Waals surface area (Å²) in [7, 11) is 0. The van der Waals surface area contributed by atoms with Crippen LogP contribution in [-0.4, -0.2) is 50.6 Å². The number of nitro groups is 1. The van der Waals surface area contributed by atoms with E-state index in [9.17, 15) is 34.7 Å². The maximum Gasteiger partial charge on any atom is 0.327 e. The van der Waals surface area contributed by atoms with Gasteiger partial charge in [0.1, 0.15) is 0 Å². The van der Waals surface area contributed by atoms with Gasteiger partial charge in [-0.1, -0.05) is 48.6 Å². The minimum Gasteiger partial charge on any atom is -0.480 e. The number of amides is 2. The van der Waals surface area contributed by atoms with Crippen LogP contribution in [0.25, 0.3) is 6.08 Å². The summed E-state index contributed by atoms with van der Waals surface area (Å²) >= 11 is 0. The van der Waals surface area contributed by atoms with Gasteiger partial charge in [-0.25, -0.2) is 4.90 Å². The lowest BCUT2D eigenvalue weighted by Crippen LogP contribution is -2.63. The van der Waals surface area contributed by atoms with E-state index in [-0.39, 0.29) is 11.4 Å². The van der Waals surface area contributed by atoms with Crippen LogP contribution < -0.4 is 10.2 Å². The predicted molar refractivity (Wildman–Crippen MR) is 117 cm³/mol. The van der Waals surface area contributed by atoms with Crippen molar-refractivity contribution in [3.05, 3.63) is 76.4 Å². The normalized spacial score (nSPS) is 27.7. The van der Waals surface area contributed by atoms with Crippen molar-refractivity contribution in [3.8, 4) is 0 Å². The number of nitrogens with one attached hydrogen (secondary N) is 1. The summed E-state index contributed by atoms with van der Waals surface area (Å²) < 4.78 is 0. The van der Waals surface area contributed by atoms with Crippen molar-refractivity contribution in [2.45, 2.75) is 24.6 Å². The number of carboxylic acid groups (broad SMARTS) is 1. The quantitative estimate of drug-likeness (QED) is 0.340. The minimum atomic E-state index is -2.11. The number of aliphatic hydroxyl groups is 1. The second-order valence-electron chi connectivity index (χ2n) is 8.08. The number of carboxylic acids is 1. The summed E-state index contributed by atoms with van der Waals surface area (Å²) in [5, 5.41) is 34.5. The molecule has 2 heterocycles. The Labute approximate surface area is 188 Å². The second-order valence-corrected chi connectivity index (χ2v) is 8.08. The van der Waals surface area contributed by atoms with E-state index in [0.717, 1.165) is 16.5 Å². The monoisotopic (exact) mass is 451 g/mol. The van der Waals surface area contributed by atoms with Gasteiger partial charge in [0.25, 0.3) is 5.69 Å². The fraction of sp³-hybridized carbons (Fsp3) is 0.261. The van der Waals surface area contributed by atoms with Crippen molar-refractivity contribution in [2.24, 2.45) is 11.8 Å². The van der Waals surface area contributed by atoms with Gasteiger partial charge in [-0.15, -0.1) is 0 Å². The number of benzene rings is 2. The first-order valence-electron chi connectivity index (χ1n) is 10.2. The number of aliphatic carboxylic acids is 1. The molecular weight excluding hydrogens is 430 g/mol.